The van der Waals surface area contributed by atoms with Gasteiger partial charge in [0.2, 0.25) is 21.8 Å². The Morgan fingerprint density at radius 3 is 2.34 bits per heavy atom. The molecule has 0 aromatic heterocycles. The molecule has 2 amide bonds. The summed E-state index contributed by atoms with van der Waals surface area (Å²) in [5, 5.41) is 2.78. The van der Waals surface area contributed by atoms with Crippen molar-refractivity contribution in [2.45, 2.75) is 39.8 Å². The van der Waals surface area contributed by atoms with Crippen LogP contribution in [-0.2, 0) is 26.2 Å². The Bertz CT molecular complexity index is 1060. The fourth-order valence-electron chi connectivity index (χ4n) is 3.47. The van der Waals surface area contributed by atoms with Crippen LogP contribution in [0.3, 0.4) is 0 Å². The number of likely N-dealkylation sites (N-methyl/N-ethyl adjacent to an activating group) is 1. The van der Waals surface area contributed by atoms with Crippen LogP contribution in [0.2, 0.25) is 0 Å². The van der Waals surface area contributed by atoms with E-state index in [-0.39, 0.29) is 12.5 Å². The van der Waals surface area contributed by atoms with Crippen LogP contribution in [0.15, 0.2) is 53.0 Å². The van der Waals surface area contributed by atoms with E-state index in [0.29, 0.717) is 23.1 Å². The minimum atomic E-state index is -3.76. The number of anilines is 1. The molecule has 2 aromatic rings. The molecule has 7 nitrogen and oxygen atoms in total. The van der Waals surface area contributed by atoms with Crippen molar-refractivity contribution in [2.24, 2.45) is 0 Å². The summed E-state index contributed by atoms with van der Waals surface area (Å²) in [6.45, 7) is 5.82. The van der Waals surface area contributed by atoms with Crippen molar-refractivity contribution in [2.75, 3.05) is 23.7 Å². The number of carbonyl (C=O) groups excluding carboxylic acids is 2. The molecule has 0 aliphatic carbocycles. The predicted octanol–water partition coefficient (Wildman–Crippen LogP) is 3.47. The van der Waals surface area contributed by atoms with Gasteiger partial charge in [0.15, 0.2) is 0 Å². The number of halogens is 1. The molecule has 32 heavy (non-hydrogen) atoms. The van der Waals surface area contributed by atoms with Gasteiger partial charge >= 0.3 is 0 Å². The third kappa shape index (κ3) is 6.80. The Kier molecular flexibility index (Phi) is 9.27. The highest BCUT2D eigenvalue weighted by Crippen LogP contribution is 2.28. The van der Waals surface area contributed by atoms with Gasteiger partial charge in [0.1, 0.15) is 12.6 Å². The Labute approximate surface area is 199 Å². The molecule has 0 spiro atoms. The maximum absolute atomic E-state index is 13.5. The van der Waals surface area contributed by atoms with Crippen LogP contribution >= 0.6 is 15.9 Å². The highest BCUT2D eigenvalue weighted by atomic mass is 79.9. The predicted molar refractivity (Wildman–Crippen MR) is 131 cm³/mol. The summed E-state index contributed by atoms with van der Waals surface area (Å²) in [5.41, 5.74) is 2.27. The van der Waals surface area contributed by atoms with Crippen molar-refractivity contribution in [3.8, 4) is 0 Å². The van der Waals surface area contributed by atoms with Gasteiger partial charge in [0, 0.05) is 17.6 Å². The fraction of sp³-hybridized carbons (Fsp3) is 0.391. The van der Waals surface area contributed by atoms with Crippen LogP contribution in [0.5, 0.6) is 0 Å². The van der Waals surface area contributed by atoms with Crippen LogP contribution in [0.25, 0.3) is 0 Å². The average molecular weight is 524 g/mol. The first-order chi connectivity index (χ1) is 15.1. The molecule has 0 unspecified atom stereocenters. The minimum absolute atomic E-state index is 0.198. The molecule has 0 saturated carbocycles. The quantitative estimate of drug-likeness (QED) is 0.516. The molecule has 2 rings (SSSR count). The third-order valence-electron chi connectivity index (χ3n) is 4.97. The summed E-state index contributed by atoms with van der Waals surface area (Å²) < 4.78 is 26.8. The van der Waals surface area contributed by atoms with E-state index in [1.54, 1.807) is 24.3 Å². The molecule has 0 aliphatic heterocycles. The van der Waals surface area contributed by atoms with Gasteiger partial charge < -0.3 is 10.2 Å². The summed E-state index contributed by atoms with van der Waals surface area (Å²) in [6.07, 6.45) is 1.46. The first-order valence-corrected chi connectivity index (χ1v) is 13.1. The smallest absolute Gasteiger partial charge is 0.244 e. The summed E-state index contributed by atoms with van der Waals surface area (Å²) in [6, 6.07) is 13.8. The Morgan fingerprint density at radius 2 is 1.78 bits per heavy atom. The highest BCUT2D eigenvalue weighted by Gasteiger charge is 2.32. The number of benzene rings is 2. The molecule has 0 fully saturated rings. The lowest BCUT2D eigenvalue weighted by atomic mass is 10.1. The van der Waals surface area contributed by atoms with Gasteiger partial charge in [-0.3, -0.25) is 13.9 Å². The molecule has 1 N–H and O–H groups in total. The number of sulfonamides is 1. The third-order valence-corrected chi connectivity index (χ3v) is 6.77. The van der Waals surface area contributed by atoms with Crippen LogP contribution in [0.4, 0.5) is 5.69 Å². The monoisotopic (exact) mass is 523 g/mol. The number of rotatable bonds is 10. The zero-order chi connectivity index (χ0) is 23.9. The van der Waals surface area contributed by atoms with Gasteiger partial charge in [-0.15, -0.1) is 0 Å². The lowest BCUT2D eigenvalue weighted by Crippen LogP contribution is -2.52. The number of para-hydroxylation sites is 1. The molecule has 0 aliphatic rings. The number of aryl methyl sites for hydroxylation is 1. The maximum Gasteiger partial charge on any atom is 0.244 e. The van der Waals surface area contributed by atoms with Crippen LogP contribution in [0, 0.1) is 6.92 Å². The van der Waals surface area contributed by atoms with Crippen molar-refractivity contribution in [1.82, 2.24) is 10.2 Å². The van der Waals surface area contributed by atoms with Gasteiger partial charge in [-0.05, 0) is 53.9 Å². The molecule has 2 aromatic carbocycles. The number of hydrogen-bond acceptors (Lipinski definition) is 4. The summed E-state index contributed by atoms with van der Waals surface area (Å²) in [7, 11) is -3.76. The molecule has 0 saturated heterocycles. The molecule has 174 valence electrons. The van der Waals surface area contributed by atoms with E-state index in [2.05, 4.69) is 21.2 Å². The van der Waals surface area contributed by atoms with Gasteiger partial charge in [0.05, 0.1) is 11.9 Å². The highest BCUT2D eigenvalue weighted by molar-refractivity contribution is 9.10. The molecular formula is C23H30BrN3O4S. The van der Waals surface area contributed by atoms with E-state index in [1.165, 1.54) is 4.90 Å². The molecule has 0 radical (unpaired) electrons. The zero-order valence-electron chi connectivity index (χ0n) is 18.8. The summed E-state index contributed by atoms with van der Waals surface area (Å²) in [5.74, 6) is -0.714. The van der Waals surface area contributed by atoms with Crippen LogP contribution < -0.4 is 9.62 Å². The fourth-order valence-corrected chi connectivity index (χ4v) is 4.95. The van der Waals surface area contributed by atoms with Crippen LogP contribution in [0.1, 0.15) is 31.4 Å². The van der Waals surface area contributed by atoms with Gasteiger partial charge in [0.25, 0.3) is 0 Å². The average Bonchev–Trinajstić information content (AvgIpc) is 2.72. The molecule has 1 atom stereocenters. The van der Waals surface area contributed by atoms with Gasteiger partial charge in [-0.1, -0.05) is 48.9 Å². The van der Waals surface area contributed by atoms with Crippen molar-refractivity contribution >= 4 is 43.5 Å². The van der Waals surface area contributed by atoms with E-state index < -0.39 is 28.5 Å². The molecular weight excluding hydrogens is 494 g/mol. The lowest BCUT2D eigenvalue weighted by Gasteiger charge is -2.33. The Morgan fingerprint density at radius 1 is 1.09 bits per heavy atom. The van der Waals surface area contributed by atoms with Crippen molar-refractivity contribution < 1.29 is 18.0 Å². The molecule has 9 heteroatoms. The zero-order valence-corrected chi connectivity index (χ0v) is 21.2. The van der Waals surface area contributed by atoms with Crippen molar-refractivity contribution in [3.63, 3.8) is 0 Å². The largest absolute Gasteiger partial charge is 0.355 e. The minimum Gasteiger partial charge on any atom is -0.355 e. The first kappa shape index (κ1) is 25.9. The second-order valence-corrected chi connectivity index (χ2v) is 10.3. The van der Waals surface area contributed by atoms with E-state index in [4.69, 9.17) is 0 Å². The lowest BCUT2D eigenvalue weighted by molar-refractivity contribution is -0.140. The Balaban J connectivity index is 2.45. The number of hydrogen-bond donors (Lipinski definition) is 1. The van der Waals surface area contributed by atoms with E-state index in [1.807, 2.05) is 45.0 Å². The topological polar surface area (TPSA) is 86.8 Å². The Hall–Kier alpha value is -2.39. The molecule has 0 heterocycles. The summed E-state index contributed by atoms with van der Waals surface area (Å²) in [4.78, 5) is 27.7. The van der Waals surface area contributed by atoms with E-state index >= 15 is 0 Å². The van der Waals surface area contributed by atoms with Crippen molar-refractivity contribution in [3.05, 3.63) is 64.1 Å². The van der Waals surface area contributed by atoms with Gasteiger partial charge in [-0.2, -0.15) is 0 Å². The SMILES string of the molecule is CCNC(=O)[C@H](CC)N(Cc1cccc(C)c1)C(=O)CN(c1ccccc1Br)S(C)(=O)=O. The van der Waals surface area contributed by atoms with E-state index in [9.17, 15) is 18.0 Å². The number of nitrogens with zero attached hydrogens (tertiary/aromatic N) is 2. The maximum atomic E-state index is 13.5. The number of carbonyl (C=O) groups is 2. The number of nitrogens with one attached hydrogen (secondary N) is 1. The van der Waals surface area contributed by atoms with E-state index in [0.717, 1.165) is 21.7 Å². The number of amides is 2. The van der Waals surface area contributed by atoms with Crippen molar-refractivity contribution in [1.29, 1.82) is 0 Å². The normalized spacial score (nSPS) is 12.2. The second kappa shape index (κ2) is 11.5. The first-order valence-electron chi connectivity index (χ1n) is 10.4. The second-order valence-electron chi connectivity index (χ2n) is 7.55. The van der Waals surface area contributed by atoms with Crippen LogP contribution in [-0.4, -0.2) is 50.5 Å². The summed E-state index contributed by atoms with van der Waals surface area (Å²) >= 11 is 3.37. The standard InChI is InChI=1S/C23H30BrN3O4S/c1-5-20(23(29)25-6-2)26(15-18-11-9-10-17(3)14-18)22(28)16-27(32(4,30)31)21-13-8-7-12-19(21)24/h7-14,20H,5-6,15-16H2,1-4H3,(H,25,29)/t20-/m0/s1. The molecule has 0 bridgehead atoms. The van der Waals surface area contributed by atoms with Gasteiger partial charge in [-0.25, -0.2) is 8.42 Å².